The van der Waals surface area contributed by atoms with E-state index in [1.807, 2.05) is 30.5 Å². The molecular weight excluding hydrogens is 314 g/mol. The summed E-state index contributed by atoms with van der Waals surface area (Å²) < 4.78 is 5.54. The maximum Gasteiger partial charge on any atom is 0.263 e. The third kappa shape index (κ3) is 5.08. The van der Waals surface area contributed by atoms with Crippen LogP contribution in [0.4, 0.5) is 0 Å². The molecule has 0 amide bonds. The van der Waals surface area contributed by atoms with Crippen molar-refractivity contribution in [3.8, 4) is 11.5 Å². The molecule has 3 heterocycles. The summed E-state index contributed by atoms with van der Waals surface area (Å²) in [6.07, 6.45) is 12.5. The topological polar surface area (TPSA) is 68.9 Å². The predicted octanol–water partition coefficient (Wildman–Crippen LogP) is 4.51. The fourth-order valence-electron chi connectivity index (χ4n) is 2.65. The van der Waals surface area contributed by atoms with Crippen molar-refractivity contribution in [2.24, 2.45) is 0 Å². The molecule has 3 aromatic rings. The number of hydrogen-bond acceptors (Lipinski definition) is 5. The van der Waals surface area contributed by atoms with Gasteiger partial charge in [0, 0.05) is 25.0 Å². The Bertz CT molecular complexity index is 785. The van der Waals surface area contributed by atoms with E-state index in [1.54, 1.807) is 18.6 Å². The third-order valence-electron chi connectivity index (χ3n) is 4.00. The van der Waals surface area contributed by atoms with Gasteiger partial charge in [-0.3, -0.25) is 14.8 Å². The van der Waals surface area contributed by atoms with Crippen LogP contribution in [0.25, 0.3) is 11.5 Å². The minimum atomic E-state index is -0.0468. The highest BCUT2D eigenvalue weighted by atomic mass is 16.4. The zero-order chi connectivity index (χ0) is 17.3. The number of rotatable bonds is 9. The fourth-order valence-corrected chi connectivity index (χ4v) is 2.65. The first-order valence-corrected chi connectivity index (χ1v) is 8.62. The number of hydrogen-bond donors (Lipinski definition) is 0. The molecule has 5 nitrogen and oxygen atoms in total. The Morgan fingerprint density at radius 3 is 2.64 bits per heavy atom. The van der Waals surface area contributed by atoms with Crippen LogP contribution >= 0.6 is 0 Å². The van der Waals surface area contributed by atoms with E-state index in [2.05, 4.69) is 21.0 Å². The minimum Gasteiger partial charge on any atom is -0.432 e. The van der Waals surface area contributed by atoms with Gasteiger partial charge in [-0.15, -0.1) is 0 Å². The van der Waals surface area contributed by atoms with Crippen LogP contribution in [-0.4, -0.2) is 20.7 Å². The molecule has 0 atom stereocenters. The van der Waals surface area contributed by atoms with E-state index in [0.717, 1.165) is 32.1 Å². The molecule has 0 aliphatic heterocycles. The maximum absolute atomic E-state index is 12.2. The highest BCUT2D eigenvalue weighted by Gasteiger charge is 2.14. The number of oxazole rings is 1. The van der Waals surface area contributed by atoms with Crippen molar-refractivity contribution >= 4 is 5.78 Å². The summed E-state index contributed by atoms with van der Waals surface area (Å²) in [5.41, 5.74) is 1.95. The Kier molecular flexibility index (Phi) is 6.04. The van der Waals surface area contributed by atoms with Crippen LogP contribution in [0.2, 0.25) is 0 Å². The van der Waals surface area contributed by atoms with E-state index in [0.29, 0.717) is 17.9 Å². The zero-order valence-electron chi connectivity index (χ0n) is 14.1. The first kappa shape index (κ1) is 17.0. The normalized spacial score (nSPS) is 10.7. The molecule has 0 saturated heterocycles. The summed E-state index contributed by atoms with van der Waals surface area (Å²) in [6, 6.07) is 9.59. The Labute approximate surface area is 147 Å². The van der Waals surface area contributed by atoms with Crippen molar-refractivity contribution in [2.75, 3.05) is 0 Å². The second-order valence-electron chi connectivity index (χ2n) is 5.94. The Hall–Kier alpha value is -2.82. The summed E-state index contributed by atoms with van der Waals surface area (Å²) in [6.45, 7) is 0. The van der Waals surface area contributed by atoms with Crippen molar-refractivity contribution in [3.63, 3.8) is 0 Å². The van der Waals surface area contributed by atoms with Gasteiger partial charge in [0.2, 0.25) is 5.78 Å². The average molecular weight is 335 g/mol. The standard InChI is InChI=1S/C20H21N3O2/c24-18(11-4-2-1-3-8-16-9-7-12-21-14-16)20-23-15-19(25-20)17-10-5-6-13-22-17/h5-7,9-10,12-15H,1-4,8,11H2. The first-order valence-electron chi connectivity index (χ1n) is 8.62. The van der Waals surface area contributed by atoms with E-state index in [9.17, 15) is 4.79 Å². The molecule has 3 aromatic heterocycles. The van der Waals surface area contributed by atoms with Gasteiger partial charge in [0.1, 0.15) is 5.69 Å². The van der Waals surface area contributed by atoms with Gasteiger partial charge in [-0.25, -0.2) is 4.98 Å². The molecule has 0 N–H and O–H groups in total. The van der Waals surface area contributed by atoms with Crippen LogP contribution in [0.15, 0.2) is 59.5 Å². The third-order valence-corrected chi connectivity index (χ3v) is 4.00. The molecule has 0 fully saturated rings. The second kappa shape index (κ2) is 8.87. The average Bonchev–Trinajstić information content (AvgIpc) is 3.16. The lowest BCUT2D eigenvalue weighted by Crippen LogP contribution is -1.99. The number of Topliss-reactive ketones (excluding diaryl/α,β-unsaturated/α-hetero) is 1. The molecule has 0 aliphatic carbocycles. The summed E-state index contributed by atoms with van der Waals surface area (Å²) in [7, 11) is 0. The summed E-state index contributed by atoms with van der Waals surface area (Å²) in [5.74, 6) is 0.658. The van der Waals surface area contributed by atoms with Crippen LogP contribution in [0.5, 0.6) is 0 Å². The van der Waals surface area contributed by atoms with Gasteiger partial charge in [0.25, 0.3) is 5.89 Å². The van der Waals surface area contributed by atoms with Gasteiger partial charge < -0.3 is 4.42 Å². The minimum absolute atomic E-state index is 0.0468. The van der Waals surface area contributed by atoms with Crippen LogP contribution in [0, 0.1) is 0 Å². The fraction of sp³-hybridized carbons (Fsp3) is 0.300. The molecule has 25 heavy (non-hydrogen) atoms. The van der Waals surface area contributed by atoms with Crippen molar-refractivity contribution in [2.45, 2.75) is 38.5 Å². The lowest BCUT2D eigenvalue weighted by molar-refractivity contribution is 0.0946. The Morgan fingerprint density at radius 1 is 0.920 bits per heavy atom. The van der Waals surface area contributed by atoms with Crippen molar-refractivity contribution < 1.29 is 9.21 Å². The van der Waals surface area contributed by atoms with Crippen molar-refractivity contribution in [3.05, 3.63) is 66.6 Å². The van der Waals surface area contributed by atoms with E-state index < -0.39 is 0 Å². The molecule has 0 spiro atoms. The summed E-state index contributed by atoms with van der Waals surface area (Å²) in [5, 5.41) is 0. The maximum atomic E-state index is 12.2. The van der Waals surface area contributed by atoms with Gasteiger partial charge in [-0.1, -0.05) is 25.0 Å². The Balaban J connectivity index is 1.37. The number of aromatic nitrogens is 3. The van der Waals surface area contributed by atoms with E-state index >= 15 is 0 Å². The van der Waals surface area contributed by atoms with Crippen LogP contribution in [-0.2, 0) is 6.42 Å². The van der Waals surface area contributed by atoms with Gasteiger partial charge in [-0.2, -0.15) is 0 Å². The zero-order valence-corrected chi connectivity index (χ0v) is 14.1. The Morgan fingerprint density at radius 2 is 1.84 bits per heavy atom. The number of ketones is 1. The van der Waals surface area contributed by atoms with Gasteiger partial charge >= 0.3 is 0 Å². The van der Waals surface area contributed by atoms with Crippen molar-refractivity contribution in [1.82, 2.24) is 15.0 Å². The number of carbonyl (C=O) groups excluding carboxylic acids is 1. The molecule has 0 saturated carbocycles. The first-order chi connectivity index (χ1) is 12.3. The molecule has 0 unspecified atom stereocenters. The number of unbranched alkanes of at least 4 members (excludes halogenated alkanes) is 3. The molecule has 5 heteroatoms. The SMILES string of the molecule is O=C(CCCCCCc1cccnc1)c1ncc(-c2ccccn2)o1. The van der Waals surface area contributed by atoms with E-state index in [-0.39, 0.29) is 11.7 Å². The molecule has 128 valence electrons. The van der Waals surface area contributed by atoms with Gasteiger partial charge in [0.15, 0.2) is 5.76 Å². The monoisotopic (exact) mass is 335 g/mol. The predicted molar refractivity (Wildman–Crippen MR) is 95.1 cm³/mol. The molecular formula is C20H21N3O2. The summed E-state index contributed by atoms with van der Waals surface area (Å²) >= 11 is 0. The highest BCUT2D eigenvalue weighted by molar-refractivity contribution is 5.91. The van der Waals surface area contributed by atoms with Crippen molar-refractivity contribution in [1.29, 1.82) is 0 Å². The lowest BCUT2D eigenvalue weighted by atomic mass is 10.1. The lowest BCUT2D eigenvalue weighted by Gasteiger charge is -2.01. The molecule has 3 rings (SSSR count). The number of carbonyl (C=O) groups is 1. The summed E-state index contributed by atoms with van der Waals surface area (Å²) in [4.78, 5) is 24.5. The number of nitrogens with zero attached hydrogens (tertiary/aromatic N) is 3. The van der Waals surface area contributed by atoms with E-state index in [4.69, 9.17) is 4.42 Å². The quantitative estimate of drug-likeness (QED) is 0.425. The molecule has 0 aromatic carbocycles. The number of aryl methyl sites for hydroxylation is 1. The van der Waals surface area contributed by atoms with Gasteiger partial charge in [-0.05, 0) is 43.0 Å². The molecule has 0 aliphatic rings. The number of pyridine rings is 2. The molecule has 0 radical (unpaired) electrons. The van der Waals surface area contributed by atoms with Crippen LogP contribution < -0.4 is 0 Å². The second-order valence-corrected chi connectivity index (χ2v) is 5.94. The van der Waals surface area contributed by atoms with Crippen LogP contribution in [0.3, 0.4) is 0 Å². The van der Waals surface area contributed by atoms with E-state index in [1.165, 1.54) is 5.56 Å². The largest absolute Gasteiger partial charge is 0.432 e. The van der Waals surface area contributed by atoms with Gasteiger partial charge in [0.05, 0.1) is 6.20 Å². The highest BCUT2D eigenvalue weighted by Crippen LogP contribution is 2.19. The smallest absolute Gasteiger partial charge is 0.263 e. The van der Waals surface area contributed by atoms with Crippen LogP contribution in [0.1, 0.15) is 48.4 Å². The molecule has 0 bridgehead atoms.